The molecule has 3 aromatic rings. The smallest absolute Gasteiger partial charge is 0.0598 e. The minimum Gasteiger partial charge on any atom is -0.320 e. The molecule has 0 bridgehead atoms. The summed E-state index contributed by atoms with van der Waals surface area (Å²) in [6.07, 6.45) is 4.41. The Hall–Kier alpha value is -1.74. The molecule has 140 valence electrons. The van der Waals surface area contributed by atoms with E-state index in [1.807, 2.05) is 18.2 Å². The summed E-state index contributed by atoms with van der Waals surface area (Å²) in [7, 11) is 2.21. The van der Waals surface area contributed by atoms with Gasteiger partial charge in [0.2, 0.25) is 0 Å². The predicted molar refractivity (Wildman–Crippen MR) is 118 cm³/mol. The summed E-state index contributed by atoms with van der Waals surface area (Å²) in [5.74, 6) is 0. The zero-order chi connectivity index (χ0) is 19.1. The number of rotatable bonds is 2. The lowest BCUT2D eigenvalue weighted by atomic mass is 10.1. The number of hydrogen-bond acceptors (Lipinski definition) is 1. The Labute approximate surface area is 171 Å². The van der Waals surface area contributed by atoms with E-state index < -0.39 is 0 Å². The van der Waals surface area contributed by atoms with Crippen molar-refractivity contribution < 1.29 is 0 Å². The second kappa shape index (κ2) is 7.35. The molecule has 0 unspecified atom stereocenters. The Kier molecular flexibility index (Phi) is 5.07. The zero-order valence-electron chi connectivity index (χ0n) is 16.0. The minimum atomic E-state index is 0.590. The first-order valence-electron chi connectivity index (χ1n) is 9.38. The van der Waals surface area contributed by atoms with Crippen LogP contribution < -0.4 is 0 Å². The lowest BCUT2D eigenvalue weighted by Gasteiger charge is -2.13. The minimum absolute atomic E-state index is 0.590. The van der Waals surface area contributed by atoms with Gasteiger partial charge in [-0.05, 0) is 68.3 Å². The molecule has 0 saturated carbocycles. The van der Waals surface area contributed by atoms with Gasteiger partial charge in [0, 0.05) is 36.8 Å². The van der Waals surface area contributed by atoms with Gasteiger partial charge in [0.25, 0.3) is 0 Å². The van der Waals surface area contributed by atoms with Crippen molar-refractivity contribution >= 4 is 45.9 Å². The molecule has 1 aromatic heterocycles. The number of fused-ring (bicyclic) bond motifs is 3. The van der Waals surface area contributed by atoms with Crippen molar-refractivity contribution in [3.8, 4) is 0 Å². The summed E-state index contributed by atoms with van der Waals surface area (Å²) in [5.41, 5.74) is 7.79. The molecule has 2 aromatic carbocycles. The Bertz CT molecular complexity index is 1050. The van der Waals surface area contributed by atoms with Crippen LogP contribution in [0.4, 0.5) is 0 Å². The number of aromatic nitrogens is 1. The normalized spacial score (nSPS) is 15.8. The average molecular weight is 399 g/mol. The van der Waals surface area contributed by atoms with Gasteiger partial charge in [-0.3, -0.25) is 0 Å². The van der Waals surface area contributed by atoms with Crippen LogP contribution in [0.25, 0.3) is 22.7 Å². The van der Waals surface area contributed by atoms with E-state index in [0.29, 0.717) is 10.0 Å². The van der Waals surface area contributed by atoms with Gasteiger partial charge in [-0.2, -0.15) is 0 Å². The zero-order valence-corrected chi connectivity index (χ0v) is 17.5. The maximum Gasteiger partial charge on any atom is 0.0598 e. The van der Waals surface area contributed by atoms with Crippen molar-refractivity contribution in [1.82, 2.24) is 9.47 Å². The summed E-state index contributed by atoms with van der Waals surface area (Å²) in [6, 6.07) is 12.6. The molecule has 0 radical (unpaired) electrons. The van der Waals surface area contributed by atoms with E-state index in [9.17, 15) is 0 Å². The van der Waals surface area contributed by atoms with Crippen LogP contribution >= 0.6 is 23.2 Å². The number of benzene rings is 2. The molecule has 4 heteroatoms. The van der Waals surface area contributed by atoms with Crippen molar-refractivity contribution in [2.45, 2.75) is 26.7 Å². The van der Waals surface area contributed by atoms with Crippen LogP contribution in [0.15, 0.2) is 36.4 Å². The van der Waals surface area contributed by atoms with Crippen molar-refractivity contribution in [2.75, 3.05) is 20.1 Å². The van der Waals surface area contributed by atoms with Crippen LogP contribution in [0.3, 0.4) is 0 Å². The maximum absolute atomic E-state index is 6.23. The van der Waals surface area contributed by atoms with Gasteiger partial charge >= 0.3 is 0 Å². The van der Waals surface area contributed by atoms with Crippen LogP contribution in [0.1, 0.15) is 29.3 Å². The molecule has 1 aliphatic rings. The summed E-state index contributed by atoms with van der Waals surface area (Å²) >= 11 is 12.3. The van der Waals surface area contributed by atoms with Crippen molar-refractivity contribution in [3.05, 3.63) is 68.8 Å². The SMILES string of the molecule is C/C(=C\n1c2c(c3cc(C)ccc31)CCN(C)CC2)c1ccc(Cl)c(Cl)c1. The Morgan fingerprint density at radius 2 is 1.78 bits per heavy atom. The summed E-state index contributed by atoms with van der Waals surface area (Å²) in [6.45, 7) is 6.50. The Balaban J connectivity index is 1.89. The molecular formula is C23H24Cl2N2. The van der Waals surface area contributed by atoms with Crippen LogP contribution in [0.2, 0.25) is 10.0 Å². The molecule has 2 heterocycles. The van der Waals surface area contributed by atoms with Gasteiger partial charge in [0.15, 0.2) is 0 Å². The van der Waals surface area contributed by atoms with E-state index >= 15 is 0 Å². The fraction of sp³-hybridized carbons (Fsp3) is 0.304. The fourth-order valence-electron chi connectivity index (χ4n) is 3.97. The lowest BCUT2D eigenvalue weighted by molar-refractivity contribution is 0.351. The highest BCUT2D eigenvalue weighted by molar-refractivity contribution is 6.42. The van der Waals surface area contributed by atoms with Gasteiger partial charge in [-0.15, -0.1) is 0 Å². The number of allylic oxidation sites excluding steroid dienone is 1. The van der Waals surface area contributed by atoms with Crippen molar-refractivity contribution in [1.29, 1.82) is 0 Å². The first-order valence-corrected chi connectivity index (χ1v) is 10.1. The van der Waals surface area contributed by atoms with Gasteiger partial charge in [0.1, 0.15) is 0 Å². The molecule has 4 rings (SSSR count). The van der Waals surface area contributed by atoms with Crippen LogP contribution in [-0.4, -0.2) is 29.6 Å². The van der Waals surface area contributed by atoms with Gasteiger partial charge in [-0.1, -0.05) is 40.9 Å². The second-order valence-electron chi connectivity index (χ2n) is 7.56. The van der Waals surface area contributed by atoms with Crippen LogP contribution in [-0.2, 0) is 12.8 Å². The van der Waals surface area contributed by atoms with E-state index in [-0.39, 0.29) is 0 Å². The molecule has 0 spiro atoms. The average Bonchev–Trinajstić information content (AvgIpc) is 2.78. The molecular weight excluding hydrogens is 375 g/mol. The summed E-state index contributed by atoms with van der Waals surface area (Å²) < 4.78 is 2.39. The largest absolute Gasteiger partial charge is 0.320 e. The first-order chi connectivity index (χ1) is 12.9. The van der Waals surface area contributed by atoms with Crippen LogP contribution in [0.5, 0.6) is 0 Å². The third-order valence-corrected chi connectivity index (χ3v) is 6.29. The molecule has 2 nitrogen and oxygen atoms in total. The second-order valence-corrected chi connectivity index (χ2v) is 8.37. The van der Waals surface area contributed by atoms with E-state index in [2.05, 4.69) is 54.8 Å². The predicted octanol–water partition coefficient (Wildman–Crippen LogP) is 6.30. The number of nitrogens with zero attached hydrogens (tertiary/aromatic N) is 2. The highest BCUT2D eigenvalue weighted by Crippen LogP contribution is 2.32. The molecule has 0 aliphatic carbocycles. The Morgan fingerprint density at radius 1 is 1.00 bits per heavy atom. The molecule has 0 saturated heterocycles. The first kappa shape index (κ1) is 18.6. The number of likely N-dealkylation sites (N-methyl/N-ethyl adjacent to an activating group) is 1. The Morgan fingerprint density at radius 3 is 2.56 bits per heavy atom. The summed E-state index contributed by atoms with van der Waals surface area (Å²) in [5, 5.41) is 2.57. The van der Waals surface area contributed by atoms with Gasteiger partial charge in [0.05, 0.1) is 15.6 Å². The molecule has 27 heavy (non-hydrogen) atoms. The maximum atomic E-state index is 6.23. The quantitative estimate of drug-likeness (QED) is 0.491. The van der Waals surface area contributed by atoms with E-state index in [0.717, 1.165) is 31.5 Å². The lowest BCUT2D eigenvalue weighted by Crippen LogP contribution is -2.21. The highest BCUT2D eigenvalue weighted by atomic mass is 35.5. The van der Waals surface area contributed by atoms with E-state index in [4.69, 9.17) is 23.2 Å². The number of halogens is 2. The third-order valence-electron chi connectivity index (χ3n) is 5.55. The van der Waals surface area contributed by atoms with Crippen molar-refractivity contribution in [2.24, 2.45) is 0 Å². The third kappa shape index (κ3) is 3.54. The van der Waals surface area contributed by atoms with Gasteiger partial charge in [-0.25, -0.2) is 0 Å². The molecule has 0 N–H and O–H groups in total. The highest BCUT2D eigenvalue weighted by Gasteiger charge is 2.20. The van der Waals surface area contributed by atoms with Crippen LogP contribution in [0, 0.1) is 6.92 Å². The van der Waals surface area contributed by atoms with E-state index in [1.165, 1.54) is 33.3 Å². The number of aryl methyl sites for hydroxylation is 1. The molecule has 1 aliphatic heterocycles. The molecule has 0 fully saturated rings. The molecule has 0 amide bonds. The van der Waals surface area contributed by atoms with Crippen molar-refractivity contribution in [3.63, 3.8) is 0 Å². The summed E-state index contributed by atoms with van der Waals surface area (Å²) in [4.78, 5) is 2.42. The van der Waals surface area contributed by atoms with Gasteiger partial charge < -0.3 is 9.47 Å². The monoisotopic (exact) mass is 398 g/mol. The fourth-order valence-corrected chi connectivity index (χ4v) is 4.26. The molecule has 0 atom stereocenters. The number of hydrogen-bond donors (Lipinski definition) is 0. The topological polar surface area (TPSA) is 8.17 Å². The van der Waals surface area contributed by atoms with E-state index in [1.54, 1.807) is 0 Å². The standard InChI is InChI=1S/C23H24Cl2N2/c1-15-4-7-22-19(12-15)18-8-10-26(3)11-9-23(18)27(22)14-16(2)17-5-6-20(24)21(25)13-17/h4-7,12-14H,8-11H2,1-3H3/b16-14+.